The molecule has 2 amide bonds. The van der Waals surface area contributed by atoms with E-state index in [0.717, 1.165) is 22.4 Å². The topological polar surface area (TPSA) is 58.4 Å². The zero-order chi connectivity index (χ0) is 22.0. The van der Waals surface area contributed by atoms with Crippen molar-refractivity contribution in [1.82, 2.24) is 19.4 Å². The highest BCUT2D eigenvalue weighted by Gasteiger charge is 2.33. The highest BCUT2D eigenvalue weighted by molar-refractivity contribution is 5.83. The molecule has 1 saturated heterocycles. The van der Waals surface area contributed by atoms with Crippen LogP contribution in [0.2, 0.25) is 0 Å². The monoisotopic (exact) mass is 418 g/mol. The van der Waals surface area contributed by atoms with E-state index in [1.165, 1.54) is 0 Å². The number of aromatic nitrogens is 2. The van der Waals surface area contributed by atoms with Crippen LogP contribution in [0.5, 0.6) is 0 Å². The summed E-state index contributed by atoms with van der Waals surface area (Å²) in [4.78, 5) is 34.4. The van der Waals surface area contributed by atoms with Crippen molar-refractivity contribution in [3.8, 4) is 0 Å². The van der Waals surface area contributed by atoms with Crippen molar-refractivity contribution in [3.63, 3.8) is 0 Å². The highest BCUT2D eigenvalue weighted by atomic mass is 16.2. The van der Waals surface area contributed by atoms with Crippen LogP contribution in [0.1, 0.15) is 44.5 Å². The summed E-state index contributed by atoms with van der Waals surface area (Å²) in [5, 5.41) is 0. The number of amides is 2. The van der Waals surface area contributed by atoms with Gasteiger partial charge in [0.1, 0.15) is 12.4 Å². The van der Waals surface area contributed by atoms with Crippen LogP contribution in [0.15, 0.2) is 54.6 Å². The van der Waals surface area contributed by atoms with Gasteiger partial charge in [-0.25, -0.2) is 4.98 Å². The number of imidazole rings is 1. The van der Waals surface area contributed by atoms with Crippen LogP contribution >= 0.6 is 0 Å². The Kier molecular flexibility index (Phi) is 6.07. The van der Waals surface area contributed by atoms with E-state index in [9.17, 15) is 9.59 Å². The second kappa shape index (κ2) is 8.92. The summed E-state index contributed by atoms with van der Waals surface area (Å²) in [6.07, 6.45) is 0.448. The molecule has 1 atom stereocenters. The molecule has 31 heavy (non-hydrogen) atoms. The zero-order valence-corrected chi connectivity index (χ0v) is 18.5. The fourth-order valence-electron chi connectivity index (χ4n) is 4.39. The van der Waals surface area contributed by atoms with E-state index in [-0.39, 0.29) is 30.3 Å². The first-order valence-electron chi connectivity index (χ1n) is 11.0. The number of hydrogen-bond acceptors (Lipinski definition) is 3. The van der Waals surface area contributed by atoms with Crippen LogP contribution in [0.4, 0.5) is 0 Å². The molecule has 0 N–H and O–H groups in total. The second-order valence-corrected chi connectivity index (χ2v) is 8.48. The van der Waals surface area contributed by atoms with Crippen LogP contribution in [0, 0.1) is 0 Å². The van der Waals surface area contributed by atoms with Crippen molar-refractivity contribution in [2.75, 3.05) is 13.1 Å². The minimum atomic E-state index is 0.00859. The van der Waals surface area contributed by atoms with Gasteiger partial charge in [0, 0.05) is 38.0 Å². The summed E-state index contributed by atoms with van der Waals surface area (Å²) in [6, 6.07) is 18.0. The van der Waals surface area contributed by atoms with Gasteiger partial charge in [0.25, 0.3) is 0 Å². The second-order valence-electron chi connectivity index (χ2n) is 8.48. The van der Waals surface area contributed by atoms with E-state index in [1.54, 1.807) is 0 Å². The Hall–Kier alpha value is -3.15. The molecule has 2 aromatic carbocycles. The lowest BCUT2D eigenvalue weighted by Gasteiger charge is -2.28. The number of benzene rings is 2. The number of para-hydroxylation sites is 2. The number of carbonyl (C=O) groups excluding carboxylic acids is 2. The maximum atomic E-state index is 13.5. The average molecular weight is 419 g/mol. The molecule has 1 aliphatic rings. The number of rotatable bonds is 7. The molecular weight excluding hydrogens is 388 g/mol. The van der Waals surface area contributed by atoms with Gasteiger partial charge >= 0.3 is 0 Å². The first-order chi connectivity index (χ1) is 15.0. The van der Waals surface area contributed by atoms with Gasteiger partial charge in [-0.3, -0.25) is 9.59 Å². The zero-order valence-electron chi connectivity index (χ0n) is 18.5. The highest BCUT2D eigenvalue weighted by Crippen LogP contribution is 2.30. The summed E-state index contributed by atoms with van der Waals surface area (Å²) >= 11 is 0. The number of carbonyl (C=O) groups is 2. The number of hydrogen-bond donors (Lipinski definition) is 0. The summed E-state index contributed by atoms with van der Waals surface area (Å²) in [5.74, 6) is 1.06. The largest absolute Gasteiger partial charge is 0.342 e. The molecular formula is C25H30N4O2. The Balaban J connectivity index is 1.65. The molecule has 4 rings (SSSR count). The van der Waals surface area contributed by atoms with Gasteiger partial charge in [-0.1, -0.05) is 42.5 Å². The molecule has 0 bridgehead atoms. The van der Waals surface area contributed by atoms with E-state index < -0.39 is 0 Å². The first kappa shape index (κ1) is 21.1. The number of likely N-dealkylation sites (N-methyl/N-ethyl adjacent to an activating group) is 1. The Labute approximate surface area is 183 Å². The quantitative estimate of drug-likeness (QED) is 0.586. The molecule has 0 saturated carbocycles. The van der Waals surface area contributed by atoms with Gasteiger partial charge in [-0.15, -0.1) is 0 Å². The predicted octanol–water partition coefficient (Wildman–Crippen LogP) is 3.81. The molecule has 162 valence electrons. The van der Waals surface area contributed by atoms with Crippen LogP contribution in [-0.4, -0.2) is 50.3 Å². The van der Waals surface area contributed by atoms with E-state index in [4.69, 9.17) is 4.98 Å². The maximum absolute atomic E-state index is 13.5. The molecule has 0 radical (unpaired) electrons. The number of nitrogens with zero attached hydrogens (tertiary/aromatic N) is 4. The van der Waals surface area contributed by atoms with E-state index in [0.29, 0.717) is 26.1 Å². The van der Waals surface area contributed by atoms with E-state index >= 15 is 0 Å². The molecule has 6 heteroatoms. The lowest BCUT2D eigenvalue weighted by atomic mass is 10.1. The van der Waals surface area contributed by atoms with Gasteiger partial charge in [0.2, 0.25) is 11.8 Å². The van der Waals surface area contributed by atoms with Gasteiger partial charge in [0.05, 0.1) is 11.0 Å². The fraction of sp³-hybridized carbons (Fsp3) is 0.400. The Morgan fingerprint density at radius 2 is 1.84 bits per heavy atom. The molecule has 2 heterocycles. The summed E-state index contributed by atoms with van der Waals surface area (Å²) in [6.45, 7) is 8.24. The minimum Gasteiger partial charge on any atom is -0.342 e. The van der Waals surface area contributed by atoms with E-state index in [2.05, 4.69) is 0 Å². The fourth-order valence-corrected chi connectivity index (χ4v) is 4.39. The van der Waals surface area contributed by atoms with Gasteiger partial charge in [0.15, 0.2) is 0 Å². The van der Waals surface area contributed by atoms with Crippen molar-refractivity contribution in [2.24, 2.45) is 0 Å². The molecule has 3 aromatic rings. The van der Waals surface area contributed by atoms with Crippen LogP contribution in [0.25, 0.3) is 11.0 Å². The third-order valence-corrected chi connectivity index (χ3v) is 6.08. The third kappa shape index (κ3) is 4.33. The predicted molar refractivity (Wildman–Crippen MR) is 121 cm³/mol. The molecule has 0 aliphatic carbocycles. The summed E-state index contributed by atoms with van der Waals surface area (Å²) < 4.78 is 2.02. The standard InChI is InChI=1S/C25H30N4O2/c1-4-27-16-20(14-23(27)30)25-26-21-12-8-9-13-22(21)29(25)17-24(31)28(18(2)3)15-19-10-6-5-7-11-19/h5-13,18,20H,4,14-17H2,1-3H3. The van der Waals surface area contributed by atoms with E-state index in [1.807, 2.05) is 89.7 Å². The normalized spacial score (nSPS) is 16.5. The third-order valence-electron chi connectivity index (χ3n) is 6.08. The molecule has 1 aromatic heterocycles. The lowest BCUT2D eigenvalue weighted by molar-refractivity contribution is -0.134. The van der Waals surface area contributed by atoms with Crippen molar-refractivity contribution < 1.29 is 9.59 Å². The van der Waals surface area contributed by atoms with Gasteiger partial charge in [-0.2, -0.15) is 0 Å². The number of likely N-dealkylation sites (tertiary alicyclic amines) is 1. The number of fused-ring (bicyclic) bond motifs is 1. The van der Waals surface area contributed by atoms with Crippen molar-refractivity contribution in [3.05, 3.63) is 66.0 Å². The van der Waals surface area contributed by atoms with Crippen LogP contribution in [0.3, 0.4) is 0 Å². The Morgan fingerprint density at radius 3 is 2.52 bits per heavy atom. The Morgan fingerprint density at radius 1 is 1.13 bits per heavy atom. The smallest absolute Gasteiger partial charge is 0.243 e. The maximum Gasteiger partial charge on any atom is 0.243 e. The van der Waals surface area contributed by atoms with Gasteiger partial charge in [-0.05, 0) is 38.5 Å². The SMILES string of the molecule is CCN1CC(c2nc3ccccc3n2CC(=O)N(Cc2ccccc2)C(C)C)CC1=O. The molecule has 0 spiro atoms. The van der Waals surface area contributed by atoms with Crippen molar-refractivity contribution >= 4 is 22.8 Å². The molecule has 1 aliphatic heterocycles. The van der Waals surface area contributed by atoms with Crippen LogP contribution < -0.4 is 0 Å². The van der Waals surface area contributed by atoms with Crippen LogP contribution in [-0.2, 0) is 22.7 Å². The lowest BCUT2D eigenvalue weighted by Crippen LogP contribution is -2.39. The summed E-state index contributed by atoms with van der Waals surface area (Å²) in [7, 11) is 0. The summed E-state index contributed by atoms with van der Waals surface area (Å²) in [5.41, 5.74) is 2.92. The molecule has 6 nitrogen and oxygen atoms in total. The van der Waals surface area contributed by atoms with Gasteiger partial charge < -0.3 is 14.4 Å². The van der Waals surface area contributed by atoms with Crippen molar-refractivity contribution in [2.45, 2.75) is 52.2 Å². The first-order valence-corrected chi connectivity index (χ1v) is 11.0. The average Bonchev–Trinajstić information content (AvgIpc) is 3.32. The molecule has 1 unspecified atom stereocenters. The molecule has 1 fully saturated rings. The minimum absolute atomic E-state index is 0.00859. The Bertz CT molecular complexity index is 1070. The van der Waals surface area contributed by atoms with Crippen molar-refractivity contribution in [1.29, 1.82) is 0 Å².